The maximum Gasteiger partial charge on any atom is 0.0761 e. The van der Waals surface area contributed by atoms with Crippen LogP contribution in [-0.4, -0.2) is 11.5 Å². The van der Waals surface area contributed by atoms with Crippen LogP contribution in [0.1, 0.15) is 44.1 Å². The van der Waals surface area contributed by atoms with Gasteiger partial charge in [-0.05, 0) is 49.1 Å². The highest BCUT2D eigenvalue weighted by molar-refractivity contribution is 6.35. The number of fused-ring (bicyclic) bond motifs is 1. The van der Waals surface area contributed by atoms with Crippen molar-refractivity contribution in [3.63, 3.8) is 0 Å². The molecule has 0 radical (unpaired) electrons. The van der Waals surface area contributed by atoms with Crippen molar-refractivity contribution in [1.82, 2.24) is 10.3 Å². The Hall–Kier alpha value is -1.12. The van der Waals surface area contributed by atoms with Gasteiger partial charge in [-0.2, -0.15) is 0 Å². The number of pyridine rings is 1. The number of halogens is 1. The van der Waals surface area contributed by atoms with E-state index < -0.39 is 0 Å². The van der Waals surface area contributed by atoms with Crippen molar-refractivity contribution < 1.29 is 0 Å². The van der Waals surface area contributed by atoms with Crippen LogP contribution >= 0.6 is 11.6 Å². The second-order valence-electron chi connectivity index (χ2n) is 6.08. The second-order valence-corrected chi connectivity index (χ2v) is 6.48. The molecule has 3 heteroatoms. The fourth-order valence-corrected chi connectivity index (χ4v) is 3.59. The second kappa shape index (κ2) is 7.24. The molecule has 1 fully saturated rings. The summed E-state index contributed by atoms with van der Waals surface area (Å²) in [6.45, 7) is 1.96. The third-order valence-corrected chi connectivity index (χ3v) is 4.89. The largest absolute Gasteiger partial charge is 0.313 e. The third-order valence-electron chi connectivity index (χ3n) is 4.56. The van der Waals surface area contributed by atoms with E-state index in [2.05, 4.69) is 16.4 Å². The minimum atomic E-state index is 0.781. The van der Waals surface area contributed by atoms with E-state index in [-0.39, 0.29) is 0 Å². The number of nitrogens with one attached hydrogen (secondary N) is 1. The first-order valence-corrected chi connectivity index (χ1v) is 8.45. The molecule has 112 valence electrons. The predicted octanol–water partition coefficient (Wildman–Crippen LogP) is 4.95. The van der Waals surface area contributed by atoms with Crippen molar-refractivity contribution in [3.05, 3.63) is 41.0 Å². The molecule has 1 N–H and O–H groups in total. The Balaban J connectivity index is 1.52. The summed E-state index contributed by atoms with van der Waals surface area (Å²) in [4.78, 5) is 4.48. The van der Waals surface area contributed by atoms with Crippen LogP contribution in [0.15, 0.2) is 30.5 Å². The fraction of sp³-hybridized carbons (Fsp3) is 0.500. The number of rotatable bonds is 6. The van der Waals surface area contributed by atoms with Gasteiger partial charge < -0.3 is 5.32 Å². The Labute approximate surface area is 131 Å². The zero-order chi connectivity index (χ0) is 14.5. The maximum absolute atomic E-state index is 6.23. The van der Waals surface area contributed by atoms with Crippen molar-refractivity contribution in [1.29, 1.82) is 0 Å². The normalized spacial score (nSPS) is 15.9. The molecule has 0 bridgehead atoms. The first kappa shape index (κ1) is 14.8. The van der Waals surface area contributed by atoms with Crippen LogP contribution in [0.2, 0.25) is 5.02 Å². The molecule has 2 aromatic rings. The quantitative estimate of drug-likeness (QED) is 0.764. The fourth-order valence-electron chi connectivity index (χ4n) is 3.38. The molecule has 0 saturated heterocycles. The lowest BCUT2D eigenvalue weighted by Gasteiger charge is -2.10. The van der Waals surface area contributed by atoms with Gasteiger partial charge in [0.05, 0.1) is 5.52 Å². The molecule has 1 aromatic carbocycles. The van der Waals surface area contributed by atoms with Crippen LogP contribution in [0.3, 0.4) is 0 Å². The molecule has 2 nitrogen and oxygen atoms in total. The molecule has 0 amide bonds. The van der Waals surface area contributed by atoms with Crippen LogP contribution in [0, 0.1) is 5.92 Å². The van der Waals surface area contributed by atoms with E-state index in [0.717, 1.165) is 34.9 Å². The number of benzene rings is 1. The Kier molecular flexibility index (Phi) is 5.10. The molecule has 3 rings (SSSR count). The van der Waals surface area contributed by atoms with Crippen LogP contribution < -0.4 is 5.32 Å². The summed E-state index contributed by atoms with van der Waals surface area (Å²) in [6, 6.07) is 8.03. The van der Waals surface area contributed by atoms with Crippen LogP contribution in [-0.2, 0) is 6.54 Å². The molecule has 1 aliphatic carbocycles. The Morgan fingerprint density at radius 1 is 1.19 bits per heavy atom. The van der Waals surface area contributed by atoms with E-state index in [1.807, 2.05) is 24.4 Å². The van der Waals surface area contributed by atoms with Crippen molar-refractivity contribution in [2.75, 3.05) is 6.54 Å². The van der Waals surface area contributed by atoms with Gasteiger partial charge in [-0.25, -0.2) is 0 Å². The Morgan fingerprint density at radius 2 is 2.05 bits per heavy atom. The van der Waals surface area contributed by atoms with Gasteiger partial charge in [-0.15, -0.1) is 0 Å². The number of aromatic nitrogens is 1. The summed E-state index contributed by atoms with van der Waals surface area (Å²) in [5.74, 6) is 0.991. The predicted molar refractivity (Wildman–Crippen MR) is 89.7 cm³/mol. The third kappa shape index (κ3) is 3.75. The monoisotopic (exact) mass is 302 g/mol. The van der Waals surface area contributed by atoms with Crippen LogP contribution in [0.25, 0.3) is 10.9 Å². The molecule has 1 aromatic heterocycles. The number of nitrogens with zero attached hydrogens (tertiary/aromatic N) is 1. The van der Waals surface area contributed by atoms with Gasteiger partial charge in [0.1, 0.15) is 0 Å². The number of hydrogen-bond acceptors (Lipinski definition) is 2. The van der Waals surface area contributed by atoms with Gasteiger partial charge in [0.15, 0.2) is 0 Å². The van der Waals surface area contributed by atoms with Crippen LogP contribution in [0.5, 0.6) is 0 Å². The zero-order valence-electron chi connectivity index (χ0n) is 12.4. The first-order chi connectivity index (χ1) is 10.3. The van der Waals surface area contributed by atoms with Crippen molar-refractivity contribution in [2.45, 2.75) is 45.1 Å². The molecule has 1 heterocycles. The molecule has 1 saturated carbocycles. The number of hydrogen-bond donors (Lipinski definition) is 1. The summed E-state index contributed by atoms with van der Waals surface area (Å²) in [7, 11) is 0. The van der Waals surface area contributed by atoms with Gasteiger partial charge in [0, 0.05) is 23.2 Å². The van der Waals surface area contributed by atoms with E-state index in [9.17, 15) is 0 Å². The Bertz CT molecular complexity index is 591. The van der Waals surface area contributed by atoms with E-state index in [0.29, 0.717) is 0 Å². The van der Waals surface area contributed by atoms with E-state index in [1.165, 1.54) is 44.1 Å². The van der Waals surface area contributed by atoms with E-state index >= 15 is 0 Å². The molecule has 0 atom stereocenters. The van der Waals surface area contributed by atoms with Crippen LogP contribution in [0.4, 0.5) is 0 Å². The van der Waals surface area contributed by atoms with Crippen molar-refractivity contribution in [3.8, 4) is 0 Å². The highest BCUT2D eigenvalue weighted by Gasteiger charge is 2.13. The highest BCUT2D eigenvalue weighted by atomic mass is 35.5. The average molecular weight is 303 g/mol. The SMILES string of the molecule is Clc1ccc(CNCCCC2CCCC2)c2ncccc12. The average Bonchev–Trinajstić information content (AvgIpc) is 3.03. The topological polar surface area (TPSA) is 24.9 Å². The lowest BCUT2D eigenvalue weighted by atomic mass is 10.0. The molecule has 1 aliphatic rings. The summed E-state index contributed by atoms with van der Waals surface area (Å²) in [5.41, 5.74) is 2.25. The zero-order valence-corrected chi connectivity index (χ0v) is 13.2. The summed E-state index contributed by atoms with van der Waals surface area (Å²) in [5, 5.41) is 5.38. The highest BCUT2D eigenvalue weighted by Crippen LogP contribution is 2.28. The lowest BCUT2D eigenvalue weighted by Crippen LogP contribution is -2.16. The van der Waals surface area contributed by atoms with Gasteiger partial charge in [0.25, 0.3) is 0 Å². The van der Waals surface area contributed by atoms with Gasteiger partial charge in [-0.3, -0.25) is 4.98 Å². The molecular weight excluding hydrogens is 280 g/mol. The van der Waals surface area contributed by atoms with Gasteiger partial charge in [-0.1, -0.05) is 43.4 Å². The molecule has 0 aliphatic heterocycles. The summed E-state index contributed by atoms with van der Waals surface area (Å²) < 4.78 is 0. The van der Waals surface area contributed by atoms with Crippen molar-refractivity contribution >= 4 is 22.5 Å². The first-order valence-electron chi connectivity index (χ1n) is 8.07. The van der Waals surface area contributed by atoms with E-state index in [1.54, 1.807) is 0 Å². The maximum atomic E-state index is 6.23. The smallest absolute Gasteiger partial charge is 0.0761 e. The van der Waals surface area contributed by atoms with Gasteiger partial charge >= 0.3 is 0 Å². The molecule has 21 heavy (non-hydrogen) atoms. The minimum absolute atomic E-state index is 0.781. The lowest BCUT2D eigenvalue weighted by molar-refractivity contribution is 0.470. The van der Waals surface area contributed by atoms with Gasteiger partial charge in [0.2, 0.25) is 0 Å². The molecule has 0 spiro atoms. The molecular formula is C18H23ClN2. The van der Waals surface area contributed by atoms with E-state index in [4.69, 9.17) is 11.6 Å². The Morgan fingerprint density at radius 3 is 2.90 bits per heavy atom. The molecule has 0 unspecified atom stereocenters. The minimum Gasteiger partial charge on any atom is -0.313 e. The standard InChI is InChI=1S/C18H23ClN2/c19-17-10-9-15(18-16(17)8-4-12-21-18)13-20-11-3-7-14-5-1-2-6-14/h4,8-10,12,14,20H,1-3,5-7,11,13H2. The summed E-state index contributed by atoms with van der Waals surface area (Å²) >= 11 is 6.23. The van der Waals surface area contributed by atoms with Crippen molar-refractivity contribution in [2.24, 2.45) is 5.92 Å². The summed E-state index contributed by atoms with van der Waals surface area (Å²) in [6.07, 6.45) is 10.3.